The van der Waals surface area contributed by atoms with Crippen LogP contribution >= 0.6 is 0 Å². The summed E-state index contributed by atoms with van der Waals surface area (Å²) in [6, 6.07) is 0.636. The lowest BCUT2D eigenvalue weighted by Crippen LogP contribution is -2.48. The number of hydrogen-bond donors (Lipinski definition) is 2. The van der Waals surface area contributed by atoms with Gasteiger partial charge in [-0.2, -0.15) is 29.9 Å². The van der Waals surface area contributed by atoms with Gasteiger partial charge in [-0.15, -0.1) is 0 Å². The highest BCUT2D eigenvalue weighted by Gasteiger charge is 2.27. The van der Waals surface area contributed by atoms with Crippen molar-refractivity contribution in [3.8, 4) is 12.0 Å². The Hall–Kier alpha value is -2.94. The van der Waals surface area contributed by atoms with Crippen molar-refractivity contribution >= 4 is 11.9 Å². The Balaban J connectivity index is 1.31. The van der Waals surface area contributed by atoms with E-state index in [9.17, 15) is 0 Å². The number of hydrogen-bond acceptors (Lipinski definition) is 14. The lowest BCUT2D eigenvalue weighted by molar-refractivity contribution is 0.0214. The van der Waals surface area contributed by atoms with Gasteiger partial charge in [0.1, 0.15) is 12.2 Å². The molecule has 0 amide bonds. The van der Waals surface area contributed by atoms with Crippen LogP contribution in [0.5, 0.6) is 12.0 Å². The molecule has 3 aliphatic rings. The first-order valence-electron chi connectivity index (χ1n) is 12.7. The van der Waals surface area contributed by atoms with E-state index >= 15 is 0 Å². The van der Waals surface area contributed by atoms with Crippen LogP contribution < -0.4 is 29.9 Å². The number of morpholine rings is 2. The summed E-state index contributed by atoms with van der Waals surface area (Å²) in [5.41, 5.74) is 0. The van der Waals surface area contributed by atoms with Gasteiger partial charge in [-0.05, 0) is 13.8 Å². The molecule has 2 aromatic heterocycles. The van der Waals surface area contributed by atoms with Gasteiger partial charge in [-0.3, -0.25) is 0 Å². The van der Waals surface area contributed by atoms with Gasteiger partial charge < -0.3 is 39.4 Å². The predicted octanol–water partition coefficient (Wildman–Crippen LogP) is -0.498. The molecular weight excluding hydrogens is 468 g/mol. The van der Waals surface area contributed by atoms with Gasteiger partial charge in [-0.25, -0.2) is 0 Å². The Bertz CT molecular complexity index is 915. The maximum Gasteiger partial charge on any atom is 0.321 e. The highest BCUT2D eigenvalue weighted by atomic mass is 16.5. The monoisotopic (exact) mass is 502 g/mol. The first-order chi connectivity index (χ1) is 17.7. The number of rotatable bonds is 8. The third-order valence-corrected chi connectivity index (χ3v) is 6.06. The second-order valence-electron chi connectivity index (χ2n) is 8.52. The second-order valence-corrected chi connectivity index (χ2v) is 8.52. The zero-order valence-electron chi connectivity index (χ0n) is 20.9. The maximum atomic E-state index is 5.86. The SMILES string of the molecule is CCOc1nc(C2CNCCO2)nc(N2CCN(c3nc(OCC)nc(C4CNCCO4)n3)CC2)n1. The summed E-state index contributed by atoms with van der Waals surface area (Å²) < 4.78 is 23.0. The van der Waals surface area contributed by atoms with E-state index in [2.05, 4.69) is 40.4 Å². The summed E-state index contributed by atoms with van der Waals surface area (Å²) >= 11 is 0. The molecule has 196 valence electrons. The molecule has 0 radical (unpaired) electrons. The van der Waals surface area contributed by atoms with Crippen molar-refractivity contribution in [2.24, 2.45) is 0 Å². The van der Waals surface area contributed by atoms with E-state index in [1.54, 1.807) is 0 Å². The van der Waals surface area contributed by atoms with Crippen LogP contribution in [0.25, 0.3) is 0 Å². The standard InChI is InChI=1S/C22H34N10O4/c1-3-33-21-27-17(15-13-23-5-11-35-15)25-19(29-21)31-7-9-32(10-8-31)20-26-18(16-14-24-6-12-36-16)28-22(30-20)34-4-2/h15-16,23-24H,3-14H2,1-2H3. The van der Waals surface area contributed by atoms with E-state index < -0.39 is 0 Å². The smallest absolute Gasteiger partial charge is 0.321 e. The minimum Gasteiger partial charge on any atom is -0.464 e. The molecule has 0 aliphatic carbocycles. The quantitative estimate of drug-likeness (QED) is 0.478. The van der Waals surface area contributed by atoms with Crippen molar-refractivity contribution in [2.45, 2.75) is 26.1 Å². The summed E-state index contributed by atoms with van der Waals surface area (Å²) in [6.45, 7) is 11.7. The van der Waals surface area contributed by atoms with Crippen molar-refractivity contribution in [1.29, 1.82) is 0 Å². The molecule has 2 atom stereocenters. The van der Waals surface area contributed by atoms with Crippen LogP contribution in [-0.2, 0) is 9.47 Å². The normalized spacial score (nSPS) is 22.9. The first-order valence-corrected chi connectivity index (χ1v) is 12.7. The van der Waals surface area contributed by atoms with Gasteiger partial charge in [0, 0.05) is 52.4 Å². The van der Waals surface area contributed by atoms with Gasteiger partial charge in [0.2, 0.25) is 11.9 Å². The average Bonchev–Trinajstić information content (AvgIpc) is 2.94. The van der Waals surface area contributed by atoms with E-state index in [0.29, 0.717) is 101 Å². The van der Waals surface area contributed by atoms with Crippen LogP contribution in [0.15, 0.2) is 0 Å². The lowest BCUT2D eigenvalue weighted by atomic mass is 10.3. The van der Waals surface area contributed by atoms with Gasteiger partial charge in [0.25, 0.3) is 0 Å². The van der Waals surface area contributed by atoms with Crippen LogP contribution in [0.4, 0.5) is 11.9 Å². The van der Waals surface area contributed by atoms with Crippen LogP contribution in [0, 0.1) is 0 Å². The number of nitrogens with zero attached hydrogens (tertiary/aromatic N) is 8. The highest BCUT2D eigenvalue weighted by molar-refractivity contribution is 5.39. The van der Waals surface area contributed by atoms with Crippen molar-refractivity contribution in [3.05, 3.63) is 11.6 Å². The molecule has 2 unspecified atom stereocenters. The maximum absolute atomic E-state index is 5.86. The Morgan fingerprint density at radius 3 is 1.50 bits per heavy atom. The molecule has 5 rings (SSSR count). The van der Waals surface area contributed by atoms with E-state index in [1.807, 2.05) is 13.8 Å². The van der Waals surface area contributed by atoms with Crippen molar-refractivity contribution < 1.29 is 18.9 Å². The lowest BCUT2D eigenvalue weighted by Gasteiger charge is -2.35. The van der Waals surface area contributed by atoms with Gasteiger partial charge in [-0.1, -0.05) is 0 Å². The Morgan fingerprint density at radius 2 is 1.14 bits per heavy atom. The molecule has 0 aromatic carbocycles. The third-order valence-electron chi connectivity index (χ3n) is 6.06. The summed E-state index contributed by atoms with van der Waals surface area (Å²) in [6.07, 6.45) is -0.448. The van der Waals surface area contributed by atoms with Crippen molar-refractivity contribution in [2.75, 3.05) is 88.6 Å². The number of piperazine rings is 1. The van der Waals surface area contributed by atoms with Crippen molar-refractivity contribution in [3.63, 3.8) is 0 Å². The Morgan fingerprint density at radius 1 is 0.694 bits per heavy atom. The average molecular weight is 503 g/mol. The third kappa shape index (κ3) is 5.88. The summed E-state index contributed by atoms with van der Waals surface area (Å²) in [7, 11) is 0. The Labute approximate surface area is 210 Å². The van der Waals surface area contributed by atoms with E-state index in [0.717, 1.165) is 13.1 Å². The molecule has 0 spiro atoms. The topological polar surface area (TPSA) is 145 Å². The Kier molecular flexibility index (Phi) is 8.15. The van der Waals surface area contributed by atoms with E-state index in [4.69, 9.17) is 28.9 Å². The van der Waals surface area contributed by atoms with Crippen LogP contribution in [0.3, 0.4) is 0 Å². The number of nitrogens with one attached hydrogen (secondary N) is 2. The molecule has 14 nitrogen and oxygen atoms in total. The largest absolute Gasteiger partial charge is 0.464 e. The molecule has 36 heavy (non-hydrogen) atoms. The summed E-state index contributed by atoms with van der Waals surface area (Å²) in [4.78, 5) is 31.8. The predicted molar refractivity (Wildman–Crippen MR) is 130 cm³/mol. The minimum absolute atomic E-state index is 0.224. The van der Waals surface area contributed by atoms with Crippen LogP contribution in [0.1, 0.15) is 37.7 Å². The zero-order valence-corrected chi connectivity index (χ0v) is 20.9. The molecule has 0 saturated carbocycles. The molecule has 3 saturated heterocycles. The molecule has 5 heterocycles. The fraction of sp³-hybridized carbons (Fsp3) is 0.727. The van der Waals surface area contributed by atoms with E-state index in [1.165, 1.54) is 0 Å². The minimum atomic E-state index is -0.224. The van der Waals surface area contributed by atoms with E-state index in [-0.39, 0.29) is 12.2 Å². The molecule has 3 aliphatic heterocycles. The number of aromatic nitrogens is 6. The fourth-order valence-electron chi connectivity index (χ4n) is 4.25. The number of anilines is 2. The van der Waals surface area contributed by atoms with Gasteiger partial charge in [0.05, 0.1) is 26.4 Å². The van der Waals surface area contributed by atoms with Crippen LogP contribution in [-0.4, -0.2) is 109 Å². The molecule has 14 heteroatoms. The van der Waals surface area contributed by atoms with Gasteiger partial charge in [0.15, 0.2) is 11.6 Å². The molecule has 2 aromatic rings. The second kappa shape index (κ2) is 11.9. The molecular formula is C22H34N10O4. The summed E-state index contributed by atoms with van der Waals surface area (Å²) in [5.74, 6) is 2.35. The molecule has 3 fully saturated rings. The zero-order chi connectivity index (χ0) is 24.7. The molecule has 2 N–H and O–H groups in total. The first kappa shape index (κ1) is 24.7. The van der Waals surface area contributed by atoms with Crippen molar-refractivity contribution in [1.82, 2.24) is 40.5 Å². The van der Waals surface area contributed by atoms with Crippen LogP contribution in [0.2, 0.25) is 0 Å². The van der Waals surface area contributed by atoms with Gasteiger partial charge >= 0.3 is 12.0 Å². The number of ether oxygens (including phenoxy) is 4. The highest BCUT2D eigenvalue weighted by Crippen LogP contribution is 2.24. The fourth-order valence-corrected chi connectivity index (χ4v) is 4.25. The molecule has 0 bridgehead atoms. The summed E-state index contributed by atoms with van der Waals surface area (Å²) in [5, 5.41) is 6.64.